The van der Waals surface area contributed by atoms with Crippen molar-refractivity contribution in [2.45, 2.75) is 38.6 Å². The van der Waals surface area contributed by atoms with E-state index >= 15 is 0 Å². The van der Waals surface area contributed by atoms with E-state index in [-0.39, 0.29) is 17.6 Å². The second kappa shape index (κ2) is 8.60. The number of aryl methyl sites for hydroxylation is 1. The molecule has 0 spiro atoms. The molecule has 0 bridgehead atoms. The highest BCUT2D eigenvalue weighted by atomic mass is 16.2. The molecule has 5 nitrogen and oxygen atoms in total. The van der Waals surface area contributed by atoms with Crippen LogP contribution in [-0.4, -0.2) is 39.5 Å². The van der Waals surface area contributed by atoms with Gasteiger partial charge in [0, 0.05) is 50.8 Å². The first-order valence-corrected chi connectivity index (χ1v) is 9.04. The predicted octanol–water partition coefficient (Wildman–Crippen LogP) is 2.71. The van der Waals surface area contributed by atoms with Crippen molar-refractivity contribution in [2.75, 3.05) is 13.1 Å². The van der Waals surface area contributed by atoms with Gasteiger partial charge in [0.15, 0.2) is 0 Å². The zero-order chi connectivity index (χ0) is 17.5. The van der Waals surface area contributed by atoms with Gasteiger partial charge in [0.1, 0.15) is 5.78 Å². The molecule has 1 aromatic carbocycles. The van der Waals surface area contributed by atoms with Gasteiger partial charge in [-0.25, -0.2) is 0 Å². The summed E-state index contributed by atoms with van der Waals surface area (Å²) in [5.74, 6) is 0.383. The minimum Gasteiger partial charge on any atom is -0.342 e. The van der Waals surface area contributed by atoms with Crippen LogP contribution in [0.1, 0.15) is 31.2 Å². The first-order chi connectivity index (χ1) is 12.2. The Morgan fingerprint density at radius 3 is 2.76 bits per heavy atom. The monoisotopic (exact) mass is 339 g/mol. The molecule has 25 heavy (non-hydrogen) atoms. The topological polar surface area (TPSA) is 55.2 Å². The molecule has 1 aromatic heterocycles. The molecule has 2 heterocycles. The van der Waals surface area contributed by atoms with Crippen LogP contribution in [0.25, 0.3) is 0 Å². The minimum absolute atomic E-state index is 0.0241. The minimum atomic E-state index is -0.0241. The van der Waals surface area contributed by atoms with E-state index in [2.05, 4.69) is 5.10 Å². The maximum atomic E-state index is 12.6. The van der Waals surface area contributed by atoms with Crippen molar-refractivity contribution in [2.24, 2.45) is 5.92 Å². The SMILES string of the molecule is O=C(Cc1ccccc1)[C@@H]1CCCN(C(=O)CCCn2cccn2)C1. The lowest BCUT2D eigenvalue weighted by Gasteiger charge is -2.32. The molecule has 5 heteroatoms. The normalized spacial score (nSPS) is 17.4. The standard InChI is InChI=1S/C20H25N3O2/c24-19(15-17-7-2-1-3-8-17)18-9-4-12-22(16-18)20(25)10-5-13-23-14-6-11-21-23/h1-3,6-8,11,14,18H,4-5,9-10,12-13,15-16H2/t18-/m1/s1. The van der Waals surface area contributed by atoms with E-state index in [1.165, 1.54) is 0 Å². The number of aromatic nitrogens is 2. The van der Waals surface area contributed by atoms with Gasteiger partial charge in [-0.15, -0.1) is 0 Å². The molecule has 0 N–H and O–H groups in total. The first-order valence-electron chi connectivity index (χ1n) is 9.04. The summed E-state index contributed by atoms with van der Waals surface area (Å²) in [5.41, 5.74) is 1.05. The molecular formula is C20H25N3O2. The van der Waals surface area contributed by atoms with Crippen LogP contribution in [-0.2, 0) is 22.6 Å². The maximum absolute atomic E-state index is 12.6. The number of Topliss-reactive ketones (excluding diaryl/α,β-unsaturated/α-hetero) is 1. The Morgan fingerprint density at radius 1 is 1.16 bits per heavy atom. The average molecular weight is 339 g/mol. The van der Waals surface area contributed by atoms with Gasteiger partial charge in [-0.3, -0.25) is 14.3 Å². The highest BCUT2D eigenvalue weighted by Gasteiger charge is 2.27. The van der Waals surface area contributed by atoms with E-state index in [9.17, 15) is 9.59 Å². The van der Waals surface area contributed by atoms with E-state index in [0.29, 0.717) is 19.4 Å². The number of carbonyl (C=O) groups is 2. The lowest BCUT2D eigenvalue weighted by Crippen LogP contribution is -2.42. The van der Waals surface area contributed by atoms with Crippen LogP contribution in [0.15, 0.2) is 48.8 Å². The second-order valence-corrected chi connectivity index (χ2v) is 6.68. The molecule has 0 aliphatic carbocycles. The predicted molar refractivity (Wildman–Crippen MR) is 95.9 cm³/mol. The quantitative estimate of drug-likeness (QED) is 0.779. The van der Waals surface area contributed by atoms with Crippen LogP contribution >= 0.6 is 0 Å². The van der Waals surface area contributed by atoms with E-state index < -0.39 is 0 Å². The van der Waals surface area contributed by atoms with Gasteiger partial charge in [0.2, 0.25) is 5.91 Å². The van der Waals surface area contributed by atoms with E-state index in [4.69, 9.17) is 0 Å². The number of benzene rings is 1. The maximum Gasteiger partial charge on any atom is 0.222 e. The van der Waals surface area contributed by atoms with E-state index in [1.807, 2.05) is 52.2 Å². The van der Waals surface area contributed by atoms with Crippen molar-refractivity contribution in [3.8, 4) is 0 Å². The molecule has 3 rings (SSSR count). The van der Waals surface area contributed by atoms with Crippen molar-refractivity contribution < 1.29 is 9.59 Å². The molecular weight excluding hydrogens is 314 g/mol. The summed E-state index contributed by atoms with van der Waals surface area (Å²) in [7, 11) is 0. The van der Waals surface area contributed by atoms with Gasteiger partial charge < -0.3 is 4.90 Å². The zero-order valence-corrected chi connectivity index (χ0v) is 14.5. The fourth-order valence-corrected chi connectivity index (χ4v) is 3.39. The molecule has 1 aliphatic heterocycles. The van der Waals surface area contributed by atoms with Crippen molar-refractivity contribution >= 4 is 11.7 Å². The van der Waals surface area contributed by atoms with Crippen molar-refractivity contribution in [1.82, 2.24) is 14.7 Å². The van der Waals surface area contributed by atoms with Crippen LogP contribution in [0.3, 0.4) is 0 Å². The molecule has 1 saturated heterocycles. The zero-order valence-electron chi connectivity index (χ0n) is 14.5. The summed E-state index contributed by atoms with van der Waals surface area (Å²) in [6.07, 6.45) is 7.21. The molecule has 0 radical (unpaired) electrons. The lowest BCUT2D eigenvalue weighted by atomic mass is 9.90. The van der Waals surface area contributed by atoms with E-state index in [1.54, 1.807) is 6.20 Å². The van der Waals surface area contributed by atoms with Gasteiger partial charge in [0.25, 0.3) is 0 Å². The van der Waals surface area contributed by atoms with Crippen LogP contribution in [0.5, 0.6) is 0 Å². The Morgan fingerprint density at radius 2 is 2.00 bits per heavy atom. The average Bonchev–Trinajstić information content (AvgIpc) is 3.16. The van der Waals surface area contributed by atoms with Crippen LogP contribution < -0.4 is 0 Å². The second-order valence-electron chi connectivity index (χ2n) is 6.68. The number of ketones is 1. The number of hydrogen-bond acceptors (Lipinski definition) is 3. The Labute approximate surface area is 148 Å². The van der Waals surface area contributed by atoms with Gasteiger partial charge in [0.05, 0.1) is 0 Å². The number of hydrogen-bond donors (Lipinski definition) is 0. The van der Waals surface area contributed by atoms with Gasteiger partial charge >= 0.3 is 0 Å². The molecule has 2 aromatic rings. The molecule has 1 atom stereocenters. The molecule has 1 aliphatic rings. The summed E-state index contributed by atoms with van der Waals surface area (Å²) in [6, 6.07) is 11.7. The molecule has 1 amide bonds. The van der Waals surface area contributed by atoms with Crippen LogP contribution in [0, 0.1) is 5.92 Å². The molecule has 132 valence electrons. The largest absolute Gasteiger partial charge is 0.342 e. The lowest BCUT2D eigenvalue weighted by molar-refractivity contribution is -0.135. The number of likely N-dealkylation sites (tertiary alicyclic amines) is 1. The summed E-state index contributed by atoms with van der Waals surface area (Å²) in [5, 5.41) is 4.15. The molecule has 1 fully saturated rings. The molecule has 0 saturated carbocycles. The van der Waals surface area contributed by atoms with Gasteiger partial charge in [-0.1, -0.05) is 30.3 Å². The van der Waals surface area contributed by atoms with Gasteiger partial charge in [-0.05, 0) is 30.9 Å². The summed E-state index contributed by atoms with van der Waals surface area (Å²) >= 11 is 0. The van der Waals surface area contributed by atoms with Crippen molar-refractivity contribution in [3.63, 3.8) is 0 Å². The first kappa shape index (κ1) is 17.4. The fourth-order valence-electron chi connectivity index (χ4n) is 3.39. The van der Waals surface area contributed by atoms with E-state index in [0.717, 1.165) is 37.9 Å². The summed E-state index contributed by atoms with van der Waals surface area (Å²) in [4.78, 5) is 26.9. The Bertz CT molecular complexity index is 682. The number of piperidine rings is 1. The third-order valence-corrected chi connectivity index (χ3v) is 4.79. The Balaban J connectivity index is 1.46. The fraction of sp³-hybridized carbons (Fsp3) is 0.450. The number of nitrogens with zero attached hydrogens (tertiary/aromatic N) is 3. The third-order valence-electron chi connectivity index (χ3n) is 4.79. The third kappa shape index (κ3) is 5.02. The van der Waals surface area contributed by atoms with Crippen molar-refractivity contribution in [1.29, 1.82) is 0 Å². The van der Waals surface area contributed by atoms with Crippen molar-refractivity contribution in [3.05, 3.63) is 54.4 Å². The Kier molecular flexibility index (Phi) is 5.99. The highest BCUT2D eigenvalue weighted by molar-refractivity contribution is 5.84. The highest BCUT2D eigenvalue weighted by Crippen LogP contribution is 2.20. The number of rotatable bonds is 7. The Hall–Kier alpha value is -2.43. The van der Waals surface area contributed by atoms with Gasteiger partial charge in [-0.2, -0.15) is 5.10 Å². The van der Waals surface area contributed by atoms with Crippen LogP contribution in [0.4, 0.5) is 0 Å². The number of amides is 1. The summed E-state index contributed by atoms with van der Waals surface area (Å²) in [6.45, 7) is 2.10. The molecule has 0 unspecified atom stereocenters. The smallest absolute Gasteiger partial charge is 0.222 e. The van der Waals surface area contributed by atoms with Crippen LogP contribution in [0.2, 0.25) is 0 Å². The summed E-state index contributed by atoms with van der Waals surface area (Å²) < 4.78 is 1.84. The number of carbonyl (C=O) groups excluding carboxylic acids is 2.